The molecule has 1 rings (SSSR count). The van der Waals surface area contributed by atoms with E-state index in [2.05, 4.69) is 4.89 Å². The minimum absolute atomic E-state index is 0.828. The Balaban J connectivity index is 2.85. The van der Waals surface area contributed by atoms with Crippen LogP contribution in [0.5, 0.6) is 0 Å². The van der Waals surface area contributed by atoms with Crippen molar-refractivity contribution in [2.75, 3.05) is 0 Å². The zero-order valence-corrected chi connectivity index (χ0v) is 6.20. The summed E-state index contributed by atoms with van der Waals surface area (Å²) in [4.78, 5) is 25.2. The van der Waals surface area contributed by atoms with Crippen molar-refractivity contribution >= 4 is 11.9 Å². The van der Waals surface area contributed by atoms with E-state index in [0.717, 1.165) is 6.92 Å². The second kappa shape index (κ2) is 2.70. The number of carbonyl (C=O) groups excluding carboxylic acids is 2. The molecule has 68 valence electrons. The third kappa shape index (κ3) is 1.24. The normalized spacial score (nSPS) is 35.8. The molecule has 0 aromatic carbocycles. The third-order valence-electron chi connectivity index (χ3n) is 1.56. The summed E-state index contributed by atoms with van der Waals surface area (Å²) < 4.78 is 0. The van der Waals surface area contributed by atoms with Crippen molar-refractivity contribution in [2.24, 2.45) is 0 Å². The van der Waals surface area contributed by atoms with Gasteiger partial charge in [0.2, 0.25) is 6.23 Å². The smallest absolute Gasteiger partial charge is 0.323 e. The fraction of sp³-hybridized carbons (Fsp3) is 0.600. The Hall–Kier alpha value is -1.18. The minimum Gasteiger partial charge on any atom is -0.376 e. The van der Waals surface area contributed by atoms with E-state index in [1.54, 1.807) is 5.32 Å². The summed E-state index contributed by atoms with van der Waals surface area (Å²) in [6.45, 7) is 1.10. The van der Waals surface area contributed by atoms with E-state index in [0.29, 0.717) is 0 Å². The van der Waals surface area contributed by atoms with Crippen LogP contribution in [0.2, 0.25) is 0 Å². The average Bonchev–Trinajstić information content (AvgIpc) is 1.97. The second-order valence-corrected chi connectivity index (χ2v) is 2.56. The molecule has 1 saturated heterocycles. The van der Waals surface area contributed by atoms with Gasteiger partial charge in [0.15, 0.2) is 5.60 Å². The minimum atomic E-state index is -1.97. The topological polar surface area (TPSA) is 108 Å². The number of hydrogen-bond acceptors (Lipinski definition) is 5. The second-order valence-electron chi connectivity index (χ2n) is 2.56. The van der Waals surface area contributed by atoms with Gasteiger partial charge in [-0.2, -0.15) is 0 Å². The van der Waals surface area contributed by atoms with Gasteiger partial charge in [-0.3, -0.25) is 10.1 Å². The molecule has 7 heteroatoms. The third-order valence-corrected chi connectivity index (χ3v) is 1.56. The van der Waals surface area contributed by atoms with Crippen LogP contribution in [0.3, 0.4) is 0 Å². The van der Waals surface area contributed by atoms with E-state index in [1.165, 1.54) is 0 Å². The van der Waals surface area contributed by atoms with Gasteiger partial charge in [-0.1, -0.05) is 0 Å². The van der Waals surface area contributed by atoms with Crippen LogP contribution in [-0.4, -0.2) is 34.1 Å². The molecule has 0 saturated carbocycles. The fourth-order valence-electron chi connectivity index (χ4n) is 0.773. The molecule has 2 atom stereocenters. The van der Waals surface area contributed by atoms with Crippen molar-refractivity contribution in [1.82, 2.24) is 10.6 Å². The molecule has 1 fully saturated rings. The van der Waals surface area contributed by atoms with Crippen molar-refractivity contribution < 1.29 is 24.8 Å². The Labute approximate surface area is 67.2 Å². The summed E-state index contributed by atoms with van der Waals surface area (Å²) >= 11 is 0. The molecule has 0 aromatic rings. The molecule has 0 spiro atoms. The summed E-state index contributed by atoms with van der Waals surface area (Å²) in [7, 11) is 0. The Morgan fingerprint density at radius 3 is 2.67 bits per heavy atom. The Kier molecular flexibility index (Phi) is 2.01. The highest BCUT2D eigenvalue weighted by Gasteiger charge is 2.46. The number of urea groups is 1. The quantitative estimate of drug-likeness (QED) is 0.284. The summed E-state index contributed by atoms with van der Waals surface area (Å²) in [5.41, 5.74) is -1.97. The molecular formula is C5H8N2O5. The monoisotopic (exact) mass is 176 g/mol. The highest BCUT2D eigenvalue weighted by molar-refractivity contribution is 6.01. The summed E-state index contributed by atoms with van der Waals surface area (Å²) in [6, 6.07) is -0.828. The van der Waals surface area contributed by atoms with Gasteiger partial charge >= 0.3 is 6.03 Å². The molecule has 0 aliphatic carbocycles. The van der Waals surface area contributed by atoms with Crippen LogP contribution in [0.15, 0.2) is 0 Å². The molecule has 3 amide bonds. The summed E-state index contributed by atoms with van der Waals surface area (Å²) in [5.74, 6) is -0.926. The first kappa shape index (κ1) is 8.91. The van der Waals surface area contributed by atoms with E-state index < -0.39 is 23.8 Å². The lowest BCUT2D eigenvalue weighted by molar-refractivity contribution is -0.314. The van der Waals surface area contributed by atoms with Crippen molar-refractivity contribution in [2.45, 2.75) is 18.8 Å². The first-order chi connectivity index (χ1) is 5.48. The van der Waals surface area contributed by atoms with Crippen LogP contribution in [0, 0.1) is 0 Å². The van der Waals surface area contributed by atoms with Gasteiger partial charge in [-0.25, -0.2) is 14.9 Å². The zero-order chi connectivity index (χ0) is 9.35. The SMILES string of the molecule is CC1(O)C(=O)NC(=O)N[C@H]1OO. The Bertz CT molecular complexity index is 226. The first-order valence-electron chi connectivity index (χ1n) is 3.13. The maximum atomic E-state index is 10.9. The number of rotatable bonds is 1. The standard InChI is InChI=1S/C5H8N2O5/c1-5(10)2(8)6-4(9)7-3(5)12-11/h3,10-11H,1H3,(H2,6,7,8,9)/t3-,5?/m0/s1. The number of nitrogens with one attached hydrogen (secondary N) is 2. The van der Waals surface area contributed by atoms with E-state index in [9.17, 15) is 14.7 Å². The van der Waals surface area contributed by atoms with Gasteiger partial charge in [0.25, 0.3) is 5.91 Å². The lowest BCUT2D eigenvalue weighted by atomic mass is 10.0. The number of carbonyl (C=O) groups is 2. The summed E-state index contributed by atoms with van der Waals surface area (Å²) in [6.07, 6.45) is -1.45. The van der Waals surface area contributed by atoms with Crippen molar-refractivity contribution in [3.05, 3.63) is 0 Å². The van der Waals surface area contributed by atoms with Gasteiger partial charge in [-0.15, -0.1) is 0 Å². The van der Waals surface area contributed by atoms with Crippen LogP contribution in [0.4, 0.5) is 4.79 Å². The first-order valence-corrected chi connectivity index (χ1v) is 3.13. The Morgan fingerprint density at radius 1 is 1.58 bits per heavy atom. The maximum absolute atomic E-state index is 10.9. The average molecular weight is 176 g/mol. The van der Waals surface area contributed by atoms with E-state index in [1.807, 2.05) is 5.32 Å². The molecule has 1 aliphatic rings. The van der Waals surface area contributed by atoms with Crippen LogP contribution < -0.4 is 10.6 Å². The van der Waals surface area contributed by atoms with Crippen LogP contribution in [0.25, 0.3) is 0 Å². The van der Waals surface area contributed by atoms with Crippen molar-refractivity contribution in [3.8, 4) is 0 Å². The number of hydrogen-bond donors (Lipinski definition) is 4. The molecule has 0 radical (unpaired) electrons. The fourth-order valence-corrected chi connectivity index (χ4v) is 0.773. The van der Waals surface area contributed by atoms with Gasteiger partial charge in [0.05, 0.1) is 0 Å². The van der Waals surface area contributed by atoms with Crippen LogP contribution >= 0.6 is 0 Å². The molecule has 4 N–H and O–H groups in total. The predicted octanol–water partition coefficient (Wildman–Crippen LogP) is -1.61. The molecule has 1 unspecified atom stereocenters. The molecule has 12 heavy (non-hydrogen) atoms. The van der Waals surface area contributed by atoms with Gasteiger partial charge in [-0.05, 0) is 6.92 Å². The van der Waals surface area contributed by atoms with Crippen molar-refractivity contribution in [3.63, 3.8) is 0 Å². The van der Waals surface area contributed by atoms with Crippen LogP contribution in [-0.2, 0) is 9.68 Å². The summed E-state index contributed by atoms with van der Waals surface area (Å²) in [5, 5.41) is 21.3. The zero-order valence-electron chi connectivity index (χ0n) is 6.20. The molecule has 1 heterocycles. The van der Waals surface area contributed by atoms with Crippen molar-refractivity contribution in [1.29, 1.82) is 0 Å². The van der Waals surface area contributed by atoms with Crippen LogP contribution in [0.1, 0.15) is 6.92 Å². The Morgan fingerprint density at radius 2 is 2.17 bits per heavy atom. The predicted molar refractivity (Wildman–Crippen MR) is 34.8 cm³/mol. The van der Waals surface area contributed by atoms with Gasteiger partial charge in [0, 0.05) is 0 Å². The lowest BCUT2D eigenvalue weighted by Crippen LogP contribution is -2.68. The highest BCUT2D eigenvalue weighted by atomic mass is 17.1. The van der Waals surface area contributed by atoms with Gasteiger partial charge in [0.1, 0.15) is 0 Å². The molecule has 1 aliphatic heterocycles. The largest absolute Gasteiger partial charge is 0.376 e. The molecule has 0 aromatic heterocycles. The molecule has 0 bridgehead atoms. The number of imide groups is 1. The van der Waals surface area contributed by atoms with E-state index >= 15 is 0 Å². The van der Waals surface area contributed by atoms with E-state index in [-0.39, 0.29) is 0 Å². The lowest BCUT2D eigenvalue weighted by Gasteiger charge is -2.33. The van der Waals surface area contributed by atoms with Gasteiger partial charge < -0.3 is 10.4 Å². The molecular weight excluding hydrogens is 168 g/mol. The highest BCUT2D eigenvalue weighted by Crippen LogP contribution is 2.13. The molecule has 7 nitrogen and oxygen atoms in total. The van der Waals surface area contributed by atoms with E-state index in [4.69, 9.17) is 5.26 Å². The number of amides is 3. The number of aliphatic hydroxyl groups is 1. The maximum Gasteiger partial charge on any atom is 0.323 e.